The number of halogens is 1. The maximum absolute atomic E-state index is 13.2. The van der Waals surface area contributed by atoms with E-state index in [4.69, 9.17) is 0 Å². The summed E-state index contributed by atoms with van der Waals surface area (Å²) < 4.78 is 39.5. The van der Waals surface area contributed by atoms with E-state index in [0.29, 0.717) is 12.0 Å². The van der Waals surface area contributed by atoms with Crippen LogP contribution in [0.25, 0.3) is 0 Å². The van der Waals surface area contributed by atoms with Crippen LogP contribution in [0.5, 0.6) is 0 Å². The predicted octanol–water partition coefficient (Wildman–Crippen LogP) is 3.56. The molecule has 1 atom stereocenters. The molecule has 1 aromatic rings. The zero-order chi connectivity index (χ0) is 18.0. The minimum Gasteiger partial charge on any atom is -0.335 e. The van der Waals surface area contributed by atoms with Gasteiger partial charge in [0.1, 0.15) is 5.82 Å². The summed E-state index contributed by atoms with van der Waals surface area (Å²) >= 11 is 0. The molecule has 1 unspecified atom stereocenters. The van der Waals surface area contributed by atoms with Crippen LogP contribution in [0.15, 0.2) is 59.0 Å². The number of hydrogen-bond acceptors (Lipinski definition) is 3. The largest absolute Gasteiger partial charge is 0.335 e. The van der Waals surface area contributed by atoms with Crippen LogP contribution in [-0.2, 0) is 14.6 Å². The molecule has 0 bridgehead atoms. The molecule has 1 amide bonds. The molecule has 1 saturated carbocycles. The normalized spacial score (nSPS) is 18.8. The number of benzene rings is 1. The van der Waals surface area contributed by atoms with Crippen LogP contribution < -0.4 is 5.32 Å². The third-order valence-electron chi connectivity index (χ3n) is 4.30. The molecule has 1 aromatic carbocycles. The molecule has 0 radical (unpaired) electrons. The SMILES string of the molecule is CC1=CCC=C(S(=O)(=O)C(NC(=O)C2CC2)c2ccc(F)cc2)C=C1. The number of allylic oxidation sites excluding steroid dienone is 5. The van der Waals surface area contributed by atoms with Gasteiger partial charge in [-0.1, -0.05) is 35.9 Å². The second-order valence-corrected chi connectivity index (χ2v) is 8.42. The second kappa shape index (κ2) is 6.96. The van der Waals surface area contributed by atoms with Crippen molar-refractivity contribution in [2.45, 2.75) is 31.6 Å². The summed E-state index contributed by atoms with van der Waals surface area (Å²) in [7, 11) is -3.85. The highest BCUT2D eigenvalue weighted by Gasteiger charge is 2.36. The van der Waals surface area contributed by atoms with E-state index in [-0.39, 0.29) is 16.7 Å². The topological polar surface area (TPSA) is 63.2 Å². The molecule has 6 heteroatoms. The molecule has 132 valence electrons. The Morgan fingerprint density at radius 2 is 1.84 bits per heavy atom. The van der Waals surface area contributed by atoms with Gasteiger partial charge in [-0.2, -0.15) is 0 Å². The van der Waals surface area contributed by atoms with Gasteiger partial charge in [-0.05, 0) is 50.0 Å². The summed E-state index contributed by atoms with van der Waals surface area (Å²) in [5.74, 6) is -0.854. The van der Waals surface area contributed by atoms with Crippen LogP contribution in [0.4, 0.5) is 4.39 Å². The minimum absolute atomic E-state index is 0.124. The summed E-state index contributed by atoms with van der Waals surface area (Å²) in [6.07, 6.45) is 8.88. The first-order valence-corrected chi connectivity index (χ1v) is 9.77. The van der Waals surface area contributed by atoms with Crippen LogP contribution in [0.3, 0.4) is 0 Å². The van der Waals surface area contributed by atoms with E-state index < -0.39 is 21.0 Å². The second-order valence-electron chi connectivity index (χ2n) is 6.38. The lowest BCUT2D eigenvalue weighted by Crippen LogP contribution is -2.35. The lowest BCUT2D eigenvalue weighted by atomic mass is 10.2. The van der Waals surface area contributed by atoms with Crippen molar-refractivity contribution < 1.29 is 17.6 Å². The Morgan fingerprint density at radius 1 is 1.16 bits per heavy atom. The van der Waals surface area contributed by atoms with E-state index in [1.165, 1.54) is 24.3 Å². The summed E-state index contributed by atoms with van der Waals surface area (Å²) in [6.45, 7) is 1.90. The van der Waals surface area contributed by atoms with Gasteiger partial charge in [-0.3, -0.25) is 4.79 Å². The van der Waals surface area contributed by atoms with Gasteiger partial charge >= 0.3 is 0 Å². The molecule has 1 N–H and O–H groups in total. The molecule has 0 aromatic heterocycles. The van der Waals surface area contributed by atoms with Crippen molar-refractivity contribution in [1.82, 2.24) is 5.32 Å². The fraction of sp³-hybridized carbons (Fsp3) is 0.316. The van der Waals surface area contributed by atoms with Gasteiger partial charge in [0, 0.05) is 5.92 Å². The molecule has 2 aliphatic carbocycles. The molecular formula is C19H20FNO3S. The van der Waals surface area contributed by atoms with Crippen LogP contribution in [0, 0.1) is 11.7 Å². The van der Waals surface area contributed by atoms with Gasteiger partial charge in [0.2, 0.25) is 15.7 Å². The lowest BCUT2D eigenvalue weighted by molar-refractivity contribution is -0.122. The molecule has 25 heavy (non-hydrogen) atoms. The Morgan fingerprint density at radius 3 is 2.48 bits per heavy atom. The first-order valence-electron chi connectivity index (χ1n) is 8.22. The van der Waals surface area contributed by atoms with Gasteiger partial charge in [0.15, 0.2) is 5.37 Å². The lowest BCUT2D eigenvalue weighted by Gasteiger charge is -2.20. The highest BCUT2D eigenvalue weighted by atomic mass is 32.2. The highest BCUT2D eigenvalue weighted by Crippen LogP contribution is 2.33. The van der Waals surface area contributed by atoms with Crippen LogP contribution in [0.2, 0.25) is 0 Å². The number of rotatable bonds is 5. The monoisotopic (exact) mass is 361 g/mol. The van der Waals surface area contributed by atoms with E-state index in [0.717, 1.165) is 18.4 Å². The Labute approximate surface area is 147 Å². The molecule has 1 fully saturated rings. The van der Waals surface area contributed by atoms with Crippen molar-refractivity contribution in [3.63, 3.8) is 0 Å². The van der Waals surface area contributed by atoms with Gasteiger partial charge in [-0.15, -0.1) is 0 Å². The minimum atomic E-state index is -3.85. The quantitative estimate of drug-likeness (QED) is 0.872. The van der Waals surface area contributed by atoms with Crippen molar-refractivity contribution >= 4 is 15.7 Å². The van der Waals surface area contributed by atoms with E-state index in [1.54, 1.807) is 18.2 Å². The fourth-order valence-corrected chi connectivity index (χ4v) is 4.27. The smallest absolute Gasteiger partial charge is 0.224 e. The highest BCUT2D eigenvalue weighted by molar-refractivity contribution is 7.95. The van der Waals surface area contributed by atoms with E-state index >= 15 is 0 Å². The average Bonchev–Trinajstić information content (AvgIpc) is 3.41. The van der Waals surface area contributed by atoms with Crippen molar-refractivity contribution in [3.8, 4) is 0 Å². The first kappa shape index (κ1) is 17.6. The predicted molar refractivity (Wildman–Crippen MR) is 94.5 cm³/mol. The standard InChI is InChI=1S/C19H20FNO3S/c1-13-3-2-4-17(12-5-13)25(23,24)19(21-18(22)14-6-7-14)15-8-10-16(20)11-9-15/h3-5,8-12,14,19H,2,6-7H2,1H3,(H,21,22). The number of hydrogen-bond donors (Lipinski definition) is 1. The molecule has 0 heterocycles. The van der Waals surface area contributed by atoms with Crippen molar-refractivity contribution in [3.05, 3.63) is 70.4 Å². The number of sulfone groups is 1. The third-order valence-corrected chi connectivity index (χ3v) is 6.27. The molecule has 4 nitrogen and oxygen atoms in total. The molecule has 0 saturated heterocycles. The third kappa shape index (κ3) is 4.07. The molecular weight excluding hydrogens is 341 g/mol. The van der Waals surface area contributed by atoms with Crippen LogP contribution >= 0.6 is 0 Å². The zero-order valence-corrected chi connectivity index (χ0v) is 14.7. The summed E-state index contributed by atoms with van der Waals surface area (Å²) in [5, 5.41) is 1.42. The number of nitrogens with one attached hydrogen (secondary N) is 1. The van der Waals surface area contributed by atoms with Crippen LogP contribution in [-0.4, -0.2) is 14.3 Å². The van der Waals surface area contributed by atoms with Crippen molar-refractivity contribution in [1.29, 1.82) is 0 Å². The summed E-state index contributed by atoms with van der Waals surface area (Å²) in [4.78, 5) is 12.4. The zero-order valence-electron chi connectivity index (χ0n) is 13.9. The molecule has 2 aliphatic rings. The van der Waals surface area contributed by atoms with Gasteiger partial charge in [0.05, 0.1) is 4.91 Å². The summed E-state index contributed by atoms with van der Waals surface area (Å²) in [6, 6.07) is 5.19. The Balaban J connectivity index is 1.97. The number of carbonyl (C=O) groups excluding carboxylic acids is 1. The van der Waals surface area contributed by atoms with Crippen molar-refractivity contribution in [2.75, 3.05) is 0 Å². The first-order chi connectivity index (χ1) is 11.9. The van der Waals surface area contributed by atoms with Crippen LogP contribution in [0.1, 0.15) is 37.1 Å². The van der Waals surface area contributed by atoms with E-state index in [1.807, 2.05) is 13.0 Å². The van der Waals surface area contributed by atoms with E-state index in [2.05, 4.69) is 5.32 Å². The maximum Gasteiger partial charge on any atom is 0.224 e. The Hall–Kier alpha value is -2.21. The molecule has 0 spiro atoms. The number of carbonyl (C=O) groups is 1. The van der Waals surface area contributed by atoms with E-state index in [9.17, 15) is 17.6 Å². The van der Waals surface area contributed by atoms with Gasteiger partial charge < -0.3 is 5.32 Å². The molecule has 0 aliphatic heterocycles. The molecule has 3 rings (SSSR count). The fourth-order valence-electron chi connectivity index (χ4n) is 2.63. The maximum atomic E-state index is 13.2. The number of amides is 1. The van der Waals surface area contributed by atoms with Gasteiger partial charge in [-0.25, -0.2) is 12.8 Å². The summed E-state index contributed by atoms with van der Waals surface area (Å²) in [5.41, 5.74) is 1.32. The van der Waals surface area contributed by atoms with Gasteiger partial charge in [0.25, 0.3) is 0 Å². The Bertz CT molecular complexity index is 862. The average molecular weight is 361 g/mol. The Kier molecular flexibility index (Phi) is 4.90. The van der Waals surface area contributed by atoms with Crippen molar-refractivity contribution in [2.24, 2.45) is 5.92 Å².